The van der Waals surface area contributed by atoms with Gasteiger partial charge in [0.15, 0.2) is 0 Å². The van der Waals surface area contributed by atoms with Crippen molar-refractivity contribution in [1.82, 2.24) is 10.3 Å². The molecule has 13 heavy (non-hydrogen) atoms. The number of hydrogen-bond donors (Lipinski definition) is 2. The summed E-state index contributed by atoms with van der Waals surface area (Å²) >= 11 is 6.06. The van der Waals surface area contributed by atoms with E-state index >= 15 is 0 Å². The van der Waals surface area contributed by atoms with E-state index in [4.69, 9.17) is 11.6 Å². The molecule has 3 rings (SSSR count). The fourth-order valence-corrected chi connectivity index (χ4v) is 2.99. The second kappa shape index (κ2) is 2.76. The van der Waals surface area contributed by atoms with Crippen LogP contribution in [0.1, 0.15) is 30.0 Å². The van der Waals surface area contributed by atoms with Crippen molar-refractivity contribution in [2.24, 2.45) is 5.92 Å². The highest BCUT2D eigenvalue weighted by atomic mass is 35.5. The molecular formula is C10H13ClN2. The lowest BCUT2D eigenvalue weighted by atomic mass is 9.83. The van der Waals surface area contributed by atoms with Crippen LogP contribution in [0.3, 0.4) is 0 Å². The molecule has 0 radical (unpaired) electrons. The lowest BCUT2D eigenvalue weighted by Gasteiger charge is -2.25. The minimum absolute atomic E-state index is 0.576. The summed E-state index contributed by atoms with van der Waals surface area (Å²) in [7, 11) is 0. The third kappa shape index (κ3) is 1.05. The standard InChI is InChI=1S/C10H13ClN2/c11-10-7-2-1-6-3-4-12-9(6)8(7)5-13-10/h5-6,9,12-13H,1-4H2. The number of H-pyrrole nitrogens is 1. The Morgan fingerprint density at radius 1 is 1.38 bits per heavy atom. The average molecular weight is 197 g/mol. The van der Waals surface area contributed by atoms with Crippen molar-refractivity contribution in [3.8, 4) is 0 Å². The highest BCUT2D eigenvalue weighted by Gasteiger charge is 2.34. The Kier molecular flexibility index (Phi) is 1.67. The van der Waals surface area contributed by atoms with E-state index < -0.39 is 0 Å². The quantitative estimate of drug-likeness (QED) is 0.655. The largest absolute Gasteiger partial charge is 0.352 e. The Bertz CT molecular complexity index is 332. The van der Waals surface area contributed by atoms with Crippen molar-refractivity contribution in [2.75, 3.05) is 6.54 Å². The van der Waals surface area contributed by atoms with E-state index in [1.807, 2.05) is 0 Å². The summed E-state index contributed by atoms with van der Waals surface area (Å²) in [6, 6.07) is 0.576. The number of nitrogens with one attached hydrogen (secondary N) is 2. The number of aromatic amines is 1. The predicted molar refractivity (Wildman–Crippen MR) is 53.0 cm³/mol. The summed E-state index contributed by atoms with van der Waals surface area (Å²) in [5.41, 5.74) is 2.76. The molecule has 1 aliphatic heterocycles. The molecule has 1 aliphatic carbocycles. The second-order valence-electron chi connectivity index (χ2n) is 4.06. The summed E-state index contributed by atoms with van der Waals surface area (Å²) in [5.74, 6) is 0.847. The monoisotopic (exact) mass is 196 g/mol. The molecule has 2 N–H and O–H groups in total. The maximum atomic E-state index is 6.06. The van der Waals surface area contributed by atoms with Crippen LogP contribution in [0.5, 0.6) is 0 Å². The van der Waals surface area contributed by atoms with Gasteiger partial charge in [-0.25, -0.2) is 0 Å². The van der Waals surface area contributed by atoms with Crippen LogP contribution in [-0.2, 0) is 6.42 Å². The van der Waals surface area contributed by atoms with E-state index in [1.54, 1.807) is 0 Å². The Hall–Kier alpha value is -0.470. The maximum absolute atomic E-state index is 6.06. The van der Waals surface area contributed by atoms with Crippen LogP contribution in [0.2, 0.25) is 5.15 Å². The molecule has 1 aromatic rings. The van der Waals surface area contributed by atoms with Crippen molar-refractivity contribution < 1.29 is 0 Å². The topological polar surface area (TPSA) is 27.8 Å². The van der Waals surface area contributed by atoms with E-state index in [9.17, 15) is 0 Å². The first kappa shape index (κ1) is 7.89. The molecule has 1 fully saturated rings. The number of rotatable bonds is 0. The molecule has 1 saturated heterocycles. The van der Waals surface area contributed by atoms with Crippen LogP contribution < -0.4 is 5.32 Å². The van der Waals surface area contributed by atoms with Crippen LogP contribution in [0.4, 0.5) is 0 Å². The number of fused-ring (bicyclic) bond motifs is 3. The Balaban J connectivity index is 2.06. The summed E-state index contributed by atoms with van der Waals surface area (Å²) in [6.45, 7) is 1.16. The molecule has 0 amide bonds. The molecule has 0 saturated carbocycles. The molecule has 0 spiro atoms. The van der Waals surface area contributed by atoms with Crippen LogP contribution in [0.15, 0.2) is 6.20 Å². The van der Waals surface area contributed by atoms with Gasteiger partial charge in [-0.3, -0.25) is 0 Å². The van der Waals surface area contributed by atoms with Crippen molar-refractivity contribution in [3.05, 3.63) is 22.5 Å². The van der Waals surface area contributed by atoms with Crippen molar-refractivity contribution >= 4 is 11.6 Å². The highest BCUT2D eigenvalue weighted by molar-refractivity contribution is 6.30. The molecule has 2 heterocycles. The molecule has 2 atom stereocenters. The molecule has 1 aromatic heterocycles. The van der Waals surface area contributed by atoms with Crippen LogP contribution in [0.25, 0.3) is 0 Å². The fraction of sp³-hybridized carbons (Fsp3) is 0.600. The normalized spacial score (nSPS) is 31.5. The first-order valence-corrected chi connectivity index (χ1v) is 5.33. The lowest BCUT2D eigenvalue weighted by molar-refractivity contribution is 0.407. The third-order valence-electron chi connectivity index (χ3n) is 3.42. The summed E-state index contributed by atoms with van der Waals surface area (Å²) in [4.78, 5) is 3.12. The van der Waals surface area contributed by atoms with Gasteiger partial charge >= 0.3 is 0 Å². The zero-order valence-corrected chi connectivity index (χ0v) is 8.19. The van der Waals surface area contributed by atoms with Gasteiger partial charge in [0, 0.05) is 12.2 Å². The van der Waals surface area contributed by atoms with Crippen LogP contribution in [-0.4, -0.2) is 11.5 Å². The maximum Gasteiger partial charge on any atom is 0.109 e. The smallest absolute Gasteiger partial charge is 0.109 e. The highest BCUT2D eigenvalue weighted by Crippen LogP contribution is 2.41. The van der Waals surface area contributed by atoms with Gasteiger partial charge < -0.3 is 10.3 Å². The van der Waals surface area contributed by atoms with E-state index in [0.29, 0.717) is 6.04 Å². The SMILES string of the molecule is Clc1[nH]cc2c1CCC1CCNC21. The first-order valence-electron chi connectivity index (χ1n) is 4.95. The van der Waals surface area contributed by atoms with E-state index in [1.165, 1.54) is 24.0 Å². The van der Waals surface area contributed by atoms with Gasteiger partial charge in [-0.15, -0.1) is 0 Å². The third-order valence-corrected chi connectivity index (χ3v) is 3.76. The molecule has 2 unspecified atom stereocenters. The minimum Gasteiger partial charge on any atom is -0.352 e. The van der Waals surface area contributed by atoms with Gasteiger partial charge in [-0.1, -0.05) is 11.6 Å². The Labute approximate surface area is 82.7 Å². The molecule has 3 heteroatoms. The van der Waals surface area contributed by atoms with Gasteiger partial charge in [-0.2, -0.15) is 0 Å². The van der Waals surface area contributed by atoms with Gasteiger partial charge in [0.2, 0.25) is 0 Å². The first-order chi connectivity index (χ1) is 6.36. The lowest BCUT2D eigenvalue weighted by Crippen LogP contribution is -2.22. The summed E-state index contributed by atoms with van der Waals surface area (Å²) < 4.78 is 0. The van der Waals surface area contributed by atoms with E-state index in [-0.39, 0.29) is 0 Å². The molecule has 70 valence electrons. The molecule has 0 bridgehead atoms. The molecule has 0 aromatic carbocycles. The number of hydrogen-bond acceptors (Lipinski definition) is 1. The van der Waals surface area contributed by atoms with Gasteiger partial charge in [0.05, 0.1) is 0 Å². The van der Waals surface area contributed by atoms with Crippen molar-refractivity contribution in [3.63, 3.8) is 0 Å². The summed E-state index contributed by atoms with van der Waals surface area (Å²) in [5, 5.41) is 4.40. The minimum atomic E-state index is 0.576. The Morgan fingerprint density at radius 3 is 3.23 bits per heavy atom. The second-order valence-corrected chi connectivity index (χ2v) is 4.43. The predicted octanol–water partition coefficient (Wildman–Crippen LogP) is 2.26. The molecule has 2 nitrogen and oxygen atoms in total. The fourth-order valence-electron chi connectivity index (χ4n) is 2.74. The zero-order valence-electron chi connectivity index (χ0n) is 7.44. The van der Waals surface area contributed by atoms with Crippen molar-refractivity contribution in [1.29, 1.82) is 0 Å². The number of aromatic nitrogens is 1. The van der Waals surface area contributed by atoms with Gasteiger partial charge in [0.1, 0.15) is 5.15 Å². The van der Waals surface area contributed by atoms with Gasteiger partial charge in [0.25, 0.3) is 0 Å². The van der Waals surface area contributed by atoms with E-state index in [2.05, 4.69) is 16.5 Å². The Morgan fingerprint density at radius 2 is 2.31 bits per heavy atom. The van der Waals surface area contributed by atoms with Crippen molar-refractivity contribution in [2.45, 2.75) is 25.3 Å². The van der Waals surface area contributed by atoms with E-state index in [0.717, 1.165) is 24.0 Å². The molecule has 2 aliphatic rings. The zero-order chi connectivity index (χ0) is 8.84. The van der Waals surface area contributed by atoms with Gasteiger partial charge in [-0.05, 0) is 42.9 Å². The number of halogens is 1. The summed E-state index contributed by atoms with van der Waals surface area (Å²) in [6.07, 6.45) is 5.85. The average Bonchev–Trinajstić information content (AvgIpc) is 2.70. The van der Waals surface area contributed by atoms with Crippen LogP contribution >= 0.6 is 11.6 Å². The molecular weight excluding hydrogens is 184 g/mol. The van der Waals surface area contributed by atoms with Crippen LogP contribution in [0, 0.1) is 5.92 Å².